The third-order valence-electron chi connectivity index (χ3n) is 3.49. The number of amides is 1. The summed E-state index contributed by atoms with van der Waals surface area (Å²) in [6, 6.07) is 0. The van der Waals surface area contributed by atoms with Crippen LogP contribution in [0.5, 0.6) is 0 Å². The summed E-state index contributed by atoms with van der Waals surface area (Å²) in [5.41, 5.74) is 0. The van der Waals surface area contributed by atoms with Gasteiger partial charge < -0.3 is 30.6 Å². The number of nitrogens with one attached hydrogen (secondary N) is 1. The maximum atomic E-state index is 11.2. The predicted molar refractivity (Wildman–Crippen MR) is 68.3 cm³/mol. The van der Waals surface area contributed by atoms with Gasteiger partial charge in [-0.2, -0.15) is 0 Å². The van der Waals surface area contributed by atoms with Crippen LogP contribution in [-0.2, 0) is 4.79 Å². The molecule has 112 valence electrons. The molecule has 19 heavy (non-hydrogen) atoms. The van der Waals surface area contributed by atoms with Crippen LogP contribution in [0.1, 0.15) is 13.3 Å². The molecule has 1 amide bonds. The van der Waals surface area contributed by atoms with Crippen LogP contribution in [0.15, 0.2) is 0 Å². The number of aliphatic hydroxyl groups excluding tert-OH is 4. The van der Waals surface area contributed by atoms with E-state index in [1.807, 2.05) is 0 Å². The molecule has 0 radical (unpaired) electrons. The smallest absolute Gasteiger partial charge is 0.219 e. The van der Waals surface area contributed by atoms with Crippen LogP contribution >= 0.6 is 0 Å². The molecule has 7 heteroatoms. The van der Waals surface area contributed by atoms with Gasteiger partial charge in [0.25, 0.3) is 0 Å². The van der Waals surface area contributed by atoms with Gasteiger partial charge in [0.05, 0.1) is 12.7 Å². The van der Waals surface area contributed by atoms with E-state index in [0.29, 0.717) is 19.0 Å². The molecule has 0 aromatic carbocycles. The molecule has 0 aromatic heterocycles. The van der Waals surface area contributed by atoms with Gasteiger partial charge >= 0.3 is 0 Å². The van der Waals surface area contributed by atoms with Crippen LogP contribution in [0.25, 0.3) is 0 Å². The van der Waals surface area contributed by atoms with Gasteiger partial charge in [0.1, 0.15) is 12.2 Å². The molecule has 0 spiro atoms. The van der Waals surface area contributed by atoms with E-state index < -0.39 is 24.9 Å². The lowest BCUT2D eigenvalue weighted by Crippen LogP contribution is -2.45. The molecule has 1 aliphatic rings. The summed E-state index contributed by atoms with van der Waals surface area (Å²) in [5.74, 6) is 0.417. The van der Waals surface area contributed by atoms with Crippen LogP contribution in [0, 0.1) is 5.92 Å². The minimum Gasteiger partial charge on any atom is -0.394 e. The molecule has 0 aromatic rings. The first-order valence-electron chi connectivity index (χ1n) is 6.57. The van der Waals surface area contributed by atoms with Crippen LogP contribution in [0.3, 0.4) is 0 Å². The average Bonchev–Trinajstić information content (AvgIpc) is 2.85. The zero-order valence-electron chi connectivity index (χ0n) is 11.2. The fourth-order valence-electron chi connectivity index (χ4n) is 2.21. The highest BCUT2D eigenvalue weighted by molar-refractivity contribution is 5.73. The van der Waals surface area contributed by atoms with Crippen molar-refractivity contribution in [3.8, 4) is 0 Å². The minimum atomic E-state index is -1.37. The third kappa shape index (κ3) is 5.04. The van der Waals surface area contributed by atoms with Crippen molar-refractivity contribution in [2.45, 2.75) is 31.7 Å². The SMILES string of the molecule is CC(=O)N1CC[C@H](CNC[C@H](O)[C@H](O)[C@H](O)CO)C1. The molecule has 0 saturated carbocycles. The fraction of sp³-hybridized carbons (Fsp3) is 0.917. The van der Waals surface area contributed by atoms with E-state index in [2.05, 4.69) is 5.32 Å². The Labute approximate surface area is 112 Å². The highest BCUT2D eigenvalue weighted by atomic mass is 16.4. The molecule has 1 heterocycles. The van der Waals surface area contributed by atoms with E-state index in [9.17, 15) is 20.1 Å². The Balaban J connectivity index is 2.19. The van der Waals surface area contributed by atoms with Crippen molar-refractivity contribution in [3.05, 3.63) is 0 Å². The van der Waals surface area contributed by atoms with Gasteiger partial charge in [-0.3, -0.25) is 4.79 Å². The van der Waals surface area contributed by atoms with Crippen LogP contribution in [-0.4, -0.2) is 82.3 Å². The molecule has 1 fully saturated rings. The van der Waals surface area contributed by atoms with Crippen molar-refractivity contribution >= 4 is 5.91 Å². The highest BCUT2D eigenvalue weighted by Gasteiger charge is 2.26. The summed E-state index contributed by atoms with van der Waals surface area (Å²) in [6.07, 6.45) is -2.91. The van der Waals surface area contributed by atoms with Crippen molar-refractivity contribution in [1.82, 2.24) is 10.2 Å². The molecule has 5 N–H and O–H groups in total. The lowest BCUT2D eigenvalue weighted by molar-refractivity contribution is -0.127. The first-order chi connectivity index (χ1) is 8.95. The van der Waals surface area contributed by atoms with Gasteiger partial charge in [0.15, 0.2) is 0 Å². The fourth-order valence-corrected chi connectivity index (χ4v) is 2.21. The second-order valence-electron chi connectivity index (χ2n) is 5.09. The Morgan fingerprint density at radius 3 is 2.58 bits per heavy atom. The van der Waals surface area contributed by atoms with Gasteiger partial charge in [0.2, 0.25) is 5.91 Å². The van der Waals surface area contributed by atoms with E-state index >= 15 is 0 Å². The topological polar surface area (TPSA) is 113 Å². The number of aliphatic hydroxyl groups is 4. The number of hydrogen-bond donors (Lipinski definition) is 5. The Morgan fingerprint density at radius 2 is 2.05 bits per heavy atom. The standard InChI is InChI=1S/C12H24N2O5/c1-8(16)14-3-2-9(6-14)4-13-5-10(17)12(19)11(18)7-15/h9-13,15,17-19H,2-7H2,1H3/t9-,10+,11-,12+/m1/s1. The van der Waals surface area contributed by atoms with Crippen molar-refractivity contribution in [2.24, 2.45) is 5.92 Å². The van der Waals surface area contributed by atoms with Gasteiger partial charge in [-0.15, -0.1) is 0 Å². The summed E-state index contributed by atoms with van der Waals surface area (Å²) >= 11 is 0. The van der Waals surface area contributed by atoms with E-state index in [1.54, 1.807) is 11.8 Å². The zero-order chi connectivity index (χ0) is 14.4. The molecule has 1 saturated heterocycles. The normalized spacial score (nSPS) is 24.3. The quantitative estimate of drug-likeness (QED) is 0.352. The lowest BCUT2D eigenvalue weighted by Gasteiger charge is -2.22. The number of hydrogen-bond acceptors (Lipinski definition) is 6. The summed E-state index contributed by atoms with van der Waals surface area (Å²) in [4.78, 5) is 12.9. The Hall–Kier alpha value is -0.730. The summed E-state index contributed by atoms with van der Waals surface area (Å²) in [6.45, 7) is 3.20. The zero-order valence-corrected chi connectivity index (χ0v) is 11.2. The lowest BCUT2D eigenvalue weighted by atomic mass is 10.1. The van der Waals surface area contributed by atoms with E-state index in [0.717, 1.165) is 13.0 Å². The summed E-state index contributed by atoms with van der Waals surface area (Å²) in [5, 5.41) is 39.9. The average molecular weight is 276 g/mol. The number of likely N-dealkylation sites (tertiary alicyclic amines) is 1. The third-order valence-corrected chi connectivity index (χ3v) is 3.49. The molecule has 1 rings (SSSR count). The first-order valence-corrected chi connectivity index (χ1v) is 6.57. The summed E-state index contributed by atoms with van der Waals surface area (Å²) in [7, 11) is 0. The molecule has 7 nitrogen and oxygen atoms in total. The molecule has 4 atom stereocenters. The maximum Gasteiger partial charge on any atom is 0.219 e. The Kier molecular flexibility index (Phi) is 6.67. The molecule has 1 aliphatic heterocycles. The van der Waals surface area contributed by atoms with Gasteiger partial charge in [-0.1, -0.05) is 0 Å². The largest absolute Gasteiger partial charge is 0.394 e. The highest BCUT2D eigenvalue weighted by Crippen LogP contribution is 2.15. The first kappa shape index (κ1) is 16.3. The molecule has 0 unspecified atom stereocenters. The van der Waals surface area contributed by atoms with Crippen molar-refractivity contribution in [2.75, 3.05) is 32.8 Å². The number of carbonyl (C=O) groups excluding carboxylic acids is 1. The van der Waals surface area contributed by atoms with Crippen LogP contribution in [0.2, 0.25) is 0 Å². The van der Waals surface area contributed by atoms with Crippen LogP contribution in [0.4, 0.5) is 0 Å². The molecule has 0 bridgehead atoms. The second kappa shape index (κ2) is 7.76. The monoisotopic (exact) mass is 276 g/mol. The van der Waals surface area contributed by atoms with Gasteiger partial charge in [0, 0.05) is 26.6 Å². The molecular weight excluding hydrogens is 252 g/mol. The number of rotatable bonds is 7. The Morgan fingerprint density at radius 1 is 1.37 bits per heavy atom. The van der Waals surface area contributed by atoms with E-state index in [-0.39, 0.29) is 12.5 Å². The molecular formula is C12H24N2O5. The number of carbonyl (C=O) groups is 1. The minimum absolute atomic E-state index is 0.0732. The second-order valence-corrected chi connectivity index (χ2v) is 5.09. The van der Waals surface area contributed by atoms with Gasteiger partial charge in [-0.25, -0.2) is 0 Å². The number of nitrogens with zero attached hydrogens (tertiary/aromatic N) is 1. The van der Waals surface area contributed by atoms with Crippen molar-refractivity contribution in [1.29, 1.82) is 0 Å². The summed E-state index contributed by atoms with van der Waals surface area (Å²) < 4.78 is 0. The maximum absolute atomic E-state index is 11.2. The van der Waals surface area contributed by atoms with Crippen LogP contribution < -0.4 is 5.32 Å². The Bertz CT molecular complexity index is 289. The van der Waals surface area contributed by atoms with Gasteiger partial charge in [-0.05, 0) is 18.9 Å². The van der Waals surface area contributed by atoms with E-state index in [1.165, 1.54) is 0 Å². The van der Waals surface area contributed by atoms with Crippen molar-refractivity contribution < 1.29 is 25.2 Å². The van der Waals surface area contributed by atoms with Crippen molar-refractivity contribution in [3.63, 3.8) is 0 Å². The van der Waals surface area contributed by atoms with E-state index in [4.69, 9.17) is 5.11 Å². The predicted octanol–water partition coefficient (Wildman–Crippen LogP) is -2.48. The molecule has 0 aliphatic carbocycles.